The van der Waals surface area contributed by atoms with Gasteiger partial charge in [0, 0.05) is 19.2 Å². The molecule has 0 aliphatic heterocycles. The number of amides is 1. The lowest BCUT2D eigenvalue weighted by atomic mass is 10.1. The van der Waals surface area contributed by atoms with E-state index in [2.05, 4.69) is 34.1 Å². The molecule has 1 aromatic carbocycles. The number of anilines is 1. The molecule has 22 heavy (non-hydrogen) atoms. The summed E-state index contributed by atoms with van der Waals surface area (Å²) in [6, 6.07) is 7.67. The second-order valence-electron chi connectivity index (χ2n) is 5.22. The van der Waals surface area contributed by atoms with Gasteiger partial charge in [0.05, 0.1) is 0 Å². The van der Waals surface area contributed by atoms with Gasteiger partial charge in [-0.05, 0) is 37.7 Å². The summed E-state index contributed by atoms with van der Waals surface area (Å²) in [6.45, 7) is 8.93. The molecule has 0 atom stereocenters. The van der Waals surface area contributed by atoms with Crippen LogP contribution in [0.3, 0.4) is 0 Å². The molecule has 2 aromatic rings. The first-order valence-corrected chi connectivity index (χ1v) is 7.53. The highest BCUT2D eigenvalue weighted by molar-refractivity contribution is 6.03. The van der Waals surface area contributed by atoms with E-state index in [4.69, 9.17) is 0 Å². The lowest BCUT2D eigenvalue weighted by molar-refractivity contribution is 0.102. The molecule has 0 saturated carbocycles. The Bertz CT molecular complexity index is 626. The van der Waals surface area contributed by atoms with E-state index in [1.54, 1.807) is 17.8 Å². The Morgan fingerprint density at radius 3 is 2.64 bits per heavy atom. The molecule has 0 bridgehead atoms. The van der Waals surface area contributed by atoms with Gasteiger partial charge in [0.1, 0.15) is 5.82 Å². The minimum absolute atomic E-state index is 0.188. The third-order valence-corrected chi connectivity index (χ3v) is 3.70. The van der Waals surface area contributed by atoms with Gasteiger partial charge in [-0.25, -0.2) is 0 Å². The molecule has 0 saturated heterocycles. The Balaban J connectivity index is 2.09. The first kappa shape index (κ1) is 16.2. The lowest BCUT2D eigenvalue weighted by Gasteiger charge is -2.18. The van der Waals surface area contributed by atoms with E-state index >= 15 is 0 Å². The first-order valence-electron chi connectivity index (χ1n) is 7.53. The Kier molecular flexibility index (Phi) is 5.27. The largest absolute Gasteiger partial charge is 0.300 e. The summed E-state index contributed by atoms with van der Waals surface area (Å²) in [4.78, 5) is 18.8. The van der Waals surface area contributed by atoms with Gasteiger partial charge in [0.15, 0.2) is 0 Å². The smallest absolute Gasteiger partial charge is 0.258 e. The summed E-state index contributed by atoms with van der Waals surface area (Å²) in [5.41, 5.74) is 1.75. The van der Waals surface area contributed by atoms with Crippen molar-refractivity contribution >= 4 is 11.9 Å². The zero-order valence-electron chi connectivity index (χ0n) is 13.6. The van der Waals surface area contributed by atoms with E-state index in [0.717, 1.165) is 31.0 Å². The SMILES string of the molecule is CCN(CC)Cc1cccc(C(=O)Nc2nc(C)n(C)n2)c1. The number of aromatic nitrogens is 3. The zero-order valence-corrected chi connectivity index (χ0v) is 13.6. The van der Waals surface area contributed by atoms with E-state index in [1.807, 2.05) is 25.1 Å². The van der Waals surface area contributed by atoms with Crippen LogP contribution in [0.4, 0.5) is 5.95 Å². The van der Waals surface area contributed by atoms with Crippen LogP contribution in [0.5, 0.6) is 0 Å². The maximum absolute atomic E-state index is 12.3. The highest BCUT2D eigenvalue weighted by Gasteiger charge is 2.11. The fourth-order valence-electron chi connectivity index (χ4n) is 2.21. The van der Waals surface area contributed by atoms with Crippen molar-refractivity contribution in [2.75, 3.05) is 18.4 Å². The molecule has 1 amide bonds. The van der Waals surface area contributed by atoms with Crippen LogP contribution in [0.25, 0.3) is 0 Å². The normalized spacial score (nSPS) is 11.0. The second-order valence-corrected chi connectivity index (χ2v) is 5.22. The molecule has 1 N–H and O–H groups in total. The number of carbonyl (C=O) groups is 1. The molecule has 0 fully saturated rings. The predicted octanol–water partition coefficient (Wildman–Crippen LogP) is 2.22. The van der Waals surface area contributed by atoms with Crippen molar-refractivity contribution in [1.82, 2.24) is 19.7 Å². The van der Waals surface area contributed by atoms with Crippen LogP contribution in [0.2, 0.25) is 0 Å². The maximum atomic E-state index is 12.3. The number of nitrogens with one attached hydrogen (secondary N) is 1. The van der Waals surface area contributed by atoms with Crippen LogP contribution >= 0.6 is 0 Å². The van der Waals surface area contributed by atoms with Gasteiger partial charge in [-0.2, -0.15) is 4.98 Å². The minimum atomic E-state index is -0.188. The number of hydrogen-bond donors (Lipinski definition) is 1. The predicted molar refractivity (Wildman–Crippen MR) is 86.8 cm³/mol. The molecular formula is C16H23N5O. The van der Waals surface area contributed by atoms with Crippen molar-refractivity contribution in [2.45, 2.75) is 27.3 Å². The van der Waals surface area contributed by atoms with Gasteiger partial charge >= 0.3 is 0 Å². The molecular weight excluding hydrogens is 278 g/mol. The van der Waals surface area contributed by atoms with E-state index in [-0.39, 0.29) is 5.91 Å². The van der Waals surface area contributed by atoms with Gasteiger partial charge in [-0.3, -0.25) is 19.7 Å². The third-order valence-electron chi connectivity index (χ3n) is 3.70. The molecule has 0 unspecified atom stereocenters. The van der Waals surface area contributed by atoms with Crippen molar-refractivity contribution in [1.29, 1.82) is 0 Å². The molecule has 2 rings (SSSR count). The van der Waals surface area contributed by atoms with Crippen molar-refractivity contribution in [3.63, 3.8) is 0 Å². The fourth-order valence-corrected chi connectivity index (χ4v) is 2.21. The number of hydrogen-bond acceptors (Lipinski definition) is 4. The topological polar surface area (TPSA) is 63.1 Å². The summed E-state index contributed by atoms with van der Waals surface area (Å²) in [7, 11) is 1.79. The molecule has 1 aromatic heterocycles. The highest BCUT2D eigenvalue weighted by Crippen LogP contribution is 2.10. The fraction of sp³-hybridized carbons (Fsp3) is 0.438. The summed E-state index contributed by atoms with van der Waals surface area (Å²) in [6.07, 6.45) is 0. The average molecular weight is 301 g/mol. The van der Waals surface area contributed by atoms with Gasteiger partial charge in [-0.1, -0.05) is 26.0 Å². The van der Waals surface area contributed by atoms with E-state index in [0.29, 0.717) is 11.5 Å². The average Bonchev–Trinajstić information content (AvgIpc) is 2.83. The maximum Gasteiger partial charge on any atom is 0.258 e. The molecule has 6 nitrogen and oxygen atoms in total. The van der Waals surface area contributed by atoms with Crippen LogP contribution in [-0.4, -0.2) is 38.7 Å². The standard InChI is InChI=1S/C16H23N5O/c1-5-21(6-2)11-13-8-7-9-14(10-13)15(22)18-16-17-12(3)20(4)19-16/h7-10H,5-6,11H2,1-4H3,(H,18,19,22). The molecule has 118 valence electrons. The first-order chi connectivity index (χ1) is 10.5. The van der Waals surface area contributed by atoms with E-state index < -0.39 is 0 Å². The highest BCUT2D eigenvalue weighted by atomic mass is 16.1. The zero-order chi connectivity index (χ0) is 16.1. The Labute approximate surface area is 131 Å². The molecule has 1 heterocycles. The number of carbonyl (C=O) groups excluding carboxylic acids is 1. The van der Waals surface area contributed by atoms with Crippen LogP contribution in [0.1, 0.15) is 35.6 Å². The Morgan fingerprint density at radius 1 is 1.32 bits per heavy atom. The van der Waals surface area contributed by atoms with Gasteiger partial charge in [0.2, 0.25) is 5.95 Å². The van der Waals surface area contributed by atoms with Gasteiger partial charge in [0.25, 0.3) is 5.91 Å². The summed E-state index contributed by atoms with van der Waals surface area (Å²) < 4.78 is 1.63. The number of nitrogens with zero attached hydrogens (tertiary/aromatic N) is 4. The van der Waals surface area contributed by atoms with Crippen LogP contribution in [0.15, 0.2) is 24.3 Å². The van der Waals surface area contributed by atoms with Gasteiger partial charge in [-0.15, -0.1) is 5.10 Å². The summed E-state index contributed by atoms with van der Waals surface area (Å²) >= 11 is 0. The molecule has 0 spiro atoms. The number of aryl methyl sites for hydroxylation is 2. The third kappa shape index (κ3) is 3.92. The minimum Gasteiger partial charge on any atom is -0.300 e. The lowest BCUT2D eigenvalue weighted by Crippen LogP contribution is -2.22. The van der Waals surface area contributed by atoms with Crippen molar-refractivity contribution in [3.8, 4) is 0 Å². The van der Waals surface area contributed by atoms with Crippen LogP contribution in [0, 0.1) is 6.92 Å². The summed E-state index contributed by atoms with van der Waals surface area (Å²) in [5.74, 6) is 0.900. The van der Waals surface area contributed by atoms with Crippen LogP contribution in [-0.2, 0) is 13.6 Å². The van der Waals surface area contributed by atoms with Crippen molar-refractivity contribution < 1.29 is 4.79 Å². The Hall–Kier alpha value is -2.21. The molecule has 0 radical (unpaired) electrons. The van der Waals surface area contributed by atoms with Crippen molar-refractivity contribution in [3.05, 3.63) is 41.2 Å². The number of benzene rings is 1. The molecule has 6 heteroatoms. The Morgan fingerprint density at radius 2 is 2.05 bits per heavy atom. The van der Waals surface area contributed by atoms with E-state index in [1.165, 1.54) is 0 Å². The quantitative estimate of drug-likeness (QED) is 0.888. The monoisotopic (exact) mass is 301 g/mol. The molecule has 0 aliphatic carbocycles. The second kappa shape index (κ2) is 7.17. The molecule has 0 aliphatic rings. The van der Waals surface area contributed by atoms with E-state index in [9.17, 15) is 4.79 Å². The van der Waals surface area contributed by atoms with Crippen molar-refractivity contribution in [2.24, 2.45) is 7.05 Å². The van der Waals surface area contributed by atoms with Crippen LogP contribution < -0.4 is 5.32 Å². The van der Waals surface area contributed by atoms with Gasteiger partial charge < -0.3 is 0 Å². The number of rotatable bonds is 6. The summed E-state index contributed by atoms with van der Waals surface area (Å²) in [5, 5.41) is 6.87.